The third kappa shape index (κ3) is 7.32. The van der Waals surface area contributed by atoms with Gasteiger partial charge < -0.3 is 14.3 Å². The van der Waals surface area contributed by atoms with E-state index >= 15 is 0 Å². The number of hydrogen-bond donors (Lipinski definition) is 0. The van der Waals surface area contributed by atoms with Crippen LogP contribution in [0.5, 0.6) is 5.75 Å². The molecule has 0 saturated carbocycles. The van der Waals surface area contributed by atoms with Crippen LogP contribution < -0.4 is 4.74 Å². The molecule has 0 saturated heterocycles. The first-order chi connectivity index (χ1) is 18.4. The number of methoxy groups -OCH3 is 1. The van der Waals surface area contributed by atoms with Crippen molar-refractivity contribution in [3.63, 3.8) is 0 Å². The van der Waals surface area contributed by atoms with Crippen LogP contribution in [-0.4, -0.2) is 28.6 Å². The summed E-state index contributed by atoms with van der Waals surface area (Å²) in [6, 6.07) is 23.9. The molecule has 0 aliphatic rings. The summed E-state index contributed by atoms with van der Waals surface area (Å²) in [5, 5.41) is 8.63. The lowest BCUT2D eigenvalue weighted by Crippen LogP contribution is -2.26. The van der Waals surface area contributed by atoms with Gasteiger partial charge in [-0.3, -0.25) is 4.79 Å². The van der Waals surface area contributed by atoms with Gasteiger partial charge in [0.1, 0.15) is 24.9 Å². The van der Waals surface area contributed by atoms with Gasteiger partial charge in [0.05, 0.1) is 24.7 Å². The molecule has 0 bridgehead atoms. The summed E-state index contributed by atoms with van der Waals surface area (Å²) in [6.07, 6.45) is 4.21. The molecule has 0 spiro atoms. The quantitative estimate of drug-likeness (QED) is 0.140. The van der Waals surface area contributed by atoms with Crippen LogP contribution >= 0.6 is 0 Å². The predicted molar refractivity (Wildman–Crippen MR) is 147 cm³/mol. The number of aryl methyl sites for hydroxylation is 2. The third-order valence-electron chi connectivity index (χ3n) is 6.25. The first-order valence-corrected chi connectivity index (χ1v) is 12.5. The molecule has 0 aliphatic carbocycles. The van der Waals surface area contributed by atoms with Crippen molar-refractivity contribution in [1.82, 2.24) is 9.78 Å². The van der Waals surface area contributed by atoms with Crippen molar-refractivity contribution in [2.24, 2.45) is 11.1 Å². The second-order valence-corrected chi connectivity index (χ2v) is 9.33. The Morgan fingerprint density at radius 3 is 2.16 bits per heavy atom. The predicted octanol–water partition coefficient (Wildman–Crippen LogP) is 5.99. The number of benzene rings is 3. The molecule has 4 rings (SSSR count). The lowest BCUT2D eigenvalue weighted by Gasteiger charge is -2.15. The van der Waals surface area contributed by atoms with Crippen molar-refractivity contribution in [3.8, 4) is 11.4 Å². The van der Waals surface area contributed by atoms with Gasteiger partial charge >= 0.3 is 5.97 Å². The molecule has 1 aromatic heterocycles. The molecule has 38 heavy (non-hydrogen) atoms. The molecule has 0 radical (unpaired) electrons. The molecule has 7 nitrogen and oxygen atoms in total. The number of carbonyl (C=O) groups is 1. The molecule has 196 valence electrons. The van der Waals surface area contributed by atoms with E-state index in [0.29, 0.717) is 25.3 Å². The maximum atomic E-state index is 12.5. The molecule has 1 unspecified atom stereocenters. The largest absolute Gasteiger partial charge is 0.489 e. The van der Waals surface area contributed by atoms with E-state index in [1.54, 1.807) is 13.1 Å². The van der Waals surface area contributed by atoms with Gasteiger partial charge in [0.15, 0.2) is 0 Å². The van der Waals surface area contributed by atoms with E-state index < -0.39 is 5.92 Å². The van der Waals surface area contributed by atoms with E-state index in [1.807, 2.05) is 78.5 Å². The van der Waals surface area contributed by atoms with Crippen LogP contribution in [0.25, 0.3) is 5.69 Å². The van der Waals surface area contributed by atoms with Crippen molar-refractivity contribution < 1.29 is 19.1 Å². The summed E-state index contributed by atoms with van der Waals surface area (Å²) in [4.78, 5) is 18.0. The van der Waals surface area contributed by atoms with Crippen LogP contribution in [0.3, 0.4) is 0 Å². The molecule has 0 N–H and O–H groups in total. The summed E-state index contributed by atoms with van der Waals surface area (Å²) in [6.45, 7) is 6.62. The summed E-state index contributed by atoms with van der Waals surface area (Å²) in [5.41, 5.74) is 6.91. The smallest absolute Gasteiger partial charge is 0.314 e. The number of rotatable bonds is 11. The van der Waals surface area contributed by atoms with Gasteiger partial charge in [-0.2, -0.15) is 5.10 Å². The highest BCUT2D eigenvalue weighted by Gasteiger charge is 2.23. The van der Waals surface area contributed by atoms with Gasteiger partial charge in [-0.25, -0.2) is 4.68 Å². The fraction of sp³-hybridized carbons (Fsp3) is 0.258. The Balaban J connectivity index is 1.33. The van der Waals surface area contributed by atoms with Gasteiger partial charge in [0, 0.05) is 11.8 Å². The molecule has 3 aromatic carbocycles. The molecule has 1 heterocycles. The summed E-state index contributed by atoms with van der Waals surface area (Å²) >= 11 is 0. The van der Waals surface area contributed by atoms with Crippen molar-refractivity contribution in [1.29, 1.82) is 0 Å². The summed E-state index contributed by atoms with van der Waals surface area (Å²) < 4.78 is 12.8. The zero-order valence-electron chi connectivity index (χ0n) is 22.3. The Kier molecular flexibility index (Phi) is 8.93. The van der Waals surface area contributed by atoms with Gasteiger partial charge in [-0.15, -0.1) is 0 Å². The maximum absolute atomic E-state index is 12.5. The van der Waals surface area contributed by atoms with Crippen molar-refractivity contribution in [2.45, 2.75) is 40.4 Å². The van der Waals surface area contributed by atoms with Crippen LogP contribution in [0.1, 0.15) is 34.7 Å². The van der Waals surface area contributed by atoms with Crippen LogP contribution in [0.2, 0.25) is 0 Å². The van der Waals surface area contributed by atoms with Gasteiger partial charge in [-0.05, 0) is 62.6 Å². The minimum atomic E-state index is -0.544. The van der Waals surface area contributed by atoms with E-state index in [9.17, 15) is 4.79 Å². The molecule has 1 atom stereocenters. The number of esters is 1. The Hall–Kier alpha value is -4.39. The number of nitrogens with zero attached hydrogens (tertiary/aromatic N) is 3. The van der Waals surface area contributed by atoms with E-state index in [2.05, 4.69) is 29.3 Å². The third-order valence-corrected chi connectivity index (χ3v) is 6.25. The molecule has 0 amide bonds. The summed E-state index contributed by atoms with van der Waals surface area (Å²) in [7, 11) is 1.38. The van der Waals surface area contributed by atoms with Gasteiger partial charge in [-0.1, -0.05) is 64.8 Å². The standard InChI is InChI=1S/C31H33N3O4/c1-22-5-9-26(10-6-22)21-38-33-24(3)30(31(35)36-4)17-25-11-15-29(16-12-25)37-20-27-18-32-34(19-27)28-13-7-23(2)8-14-28/h5-16,18-19,30H,17,20-21H2,1-4H3. The van der Waals surface area contributed by atoms with E-state index in [1.165, 1.54) is 18.2 Å². The second kappa shape index (κ2) is 12.7. The second-order valence-electron chi connectivity index (χ2n) is 9.33. The molecule has 7 heteroatoms. The fourth-order valence-corrected chi connectivity index (χ4v) is 3.90. The zero-order chi connectivity index (χ0) is 26.9. The average Bonchev–Trinajstić information content (AvgIpc) is 3.41. The first kappa shape index (κ1) is 26.7. The average molecular weight is 512 g/mol. The Morgan fingerprint density at radius 2 is 1.50 bits per heavy atom. The van der Waals surface area contributed by atoms with Gasteiger partial charge in [0.2, 0.25) is 0 Å². The Labute approximate surface area is 223 Å². The Bertz CT molecular complexity index is 1360. The highest BCUT2D eigenvalue weighted by atomic mass is 16.6. The molecule has 0 aliphatic heterocycles. The highest BCUT2D eigenvalue weighted by Crippen LogP contribution is 2.19. The van der Waals surface area contributed by atoms with E-state index in [4.69, 9.17) is 14.3 Å². The van der Waals surface area contributed by atoms with E-state index in [-0.39, 0.29) is 5.97 Å². The molecular weight excluding hydrogens is 478 g/mol. The monoisotopic (exact) mass is 511 g/mol. The number of hydrogen-bond acceptors (Lipinski definition) is 6. The Morgan fingerprint density at radius 1 is 0.868 bits per heavy atom. The number of ether oxygens (including phenoxy) is 2. The number of carbonyl (C=O) groups excluding carboxylic acids is 1. The van der Waals surface area contributed by atoms with E-state index in [0.717, 1.165) is 28.1 Å². The van der Waals surface area contributed by atoms with Gasteiger partial charge in [0.25, 0.3) is 0 Å². The lowest BCUT2D eigenvalue weighted by atomic mass is 9.95. The zero-order valence-corrected chi connectivity index (χ0v) is 22.3. The van der Waals surface area contributed by atoms with Crippen molar-refractivity contribution in [2.75, 3.05) is 7.11 Å². The lowest BCUT2D eigenvalue weighted by molar-refractivity contribution is -0.143. The number of oxime groups is 1. The first-order valence-electron chi connectivity index (χ1n) is 12.5. The molecule has 4 aromatic rings. The van der Waals surface area contributed by atoms with Crippen LogP contribution in [-0.2, 0) is 34.0 Å². The normalized spacial score (nSPS) is 12.2. The minimum absolute atomic E-state index is 0.335. The summed E-state index contributed by atoms with van der Waals surface area (Å²) in [5.74, 6) is -0.160. The topological polar surface area (TPSA) is 74.9 Å². The number of aromatic nitrogens is 2. The molecule has 0 fully saturated rings. The highest BCUT2D eigenvalue weighted by molar-refractivity contribution is 6.00. The minimum Gasteiger partial charge on any atom is -0.489 e. The van der Waals surface area contributed by atoms with Crippen LogP contribution in [0, 0.1) is 19.8 Å². The van der Waals surface area contributed by atoms with Crippen molar-refractivity contribution >= 4 is 11.7 Å². The SMILES string of the molecule is COC(=O)C(Cc1ccc(OCc2cnn(-c3ccc(C)cc3)c2)cc1)C(C)=NOCc1ccc(C)cc1. The van der Waals surface area contributed by atoms with Crippen molar-refractivity contribution in [3.05, 3.63) is 113 Å². The van der Waals surface area contributed by atoms with Crippen LogP contribution in [0.15, 0.2) is 90.3 Å². The maximum Gasteiger partial charge on any atom is 0.314 e. The fourth-order valence-electron chi connectivity index (χ4n) is 3.90. The molecular formula is C31H33N3O4. The van der Waals surface area contributed by atoms with Crippen LogP contribution in [0.4, 0.5) is 0 Å².